The zero-order valence-electron chi connectivity index (χ0n) is 12.3. The number of nitrogens with one attached hydrogen (secondary N) is 1. The average molecular weight is 283 g/mol. The lowest BCUT2D eigenvalue weighted by molar-refractivity contribution is -0.141. The summed E-state index contributed by atoms with van der Waals surface area (Å²) < 4.78 is 0. The first kappa shape index (κ1) is 16.8. The van der Waals surface area contributed by atoms with Crippen LogP contribution in [0, 0.1) is 5.92 Å². The first-order valence-corrected chi connectivity index (χ1v) is 7.77. The van der Waals surface area contributed by atoms with E-state index in [1.807, 2.05) is 6.20 Å². The molecular formula is C15H29N3O2. The van der Waals surface area contributed by atoms with Crippen molar-refractivity contribution in [2.24, 2.45) is 17.4 Å². The van der Waals surface area contributed by atoms with Crippen LogP contribution in [0.3, 0.4) is 0 Å². The van der Waals surface area contributed by atoms with Gasteiger partial charge in [-0.1, -0.05) is 25.7 Å². The molecule has 0 saturated heterocycles. The van der Waals surface area contributed by atoms with Crippen LogP contribution in [-0.2, 0) is 4.79 Å². The highest BCUT2D eigenvalue weighted by atomic mass is 16.4. The summed E-state index contributed by atoms with van der Waals surface area (Å²) in [4.78, 5) is 11.1. The van der Waals surface area contributed by atoms with E-state index in [0.717, 1.165) is 6.42 Å². The molecule has 1 fully saturated rings. The van der Waals surface area contributed by atoms with Crippen LogP contribution in [-0.4, -0.2) is 23.7 Å². The third-order valence-corrected chi connectivity index (χ3v) is 3.95. The molecule has 1 atom stereocenters. The van der Waals surface area contributed by atoms with Crippen molar-refractivity contribution in [2.75, 3.05) is 6.54 Å². The zero-order chi connectivity index (χ0) is 14.8. The molecule has 116 valence electrons. The molecule has 0 aromatic carbocycles. The van der Waals surface area contributed by atoms with E-state index >= 15 is 0 Å². The van der Waals surface area contributed by atoms with E-state index in [1.54, 1.807) is 0 Å². The van der Waals surface area contributed by atoms with Gasteiger partial charge in [-0.2, -0.15) is 0 Å². The Morgan fingerprint density at radius 3 is 2.50 bits per heavy atom. The molecule has 1 aliphatic rings. The number of rotatable bonds is 8. The van der Waals surface area contributed by atoms with E-state index in [0.29, 0.717) is 31.1 Å². The maximum atomic E-state index is 11.1. The summed E-state index contributed by atoms with van der Waals surface area (Å²) in [5.74, 6) is -1.21. The Morgan fingerprint density at radius 2 is 1.95 bits per heavy atom. The van der Waals surface area contributed by atoms with Crippen LogP contribution in [0.5, 0.6) is 0 Å². The second kappa shape index (κ2) is 9.64. The minimum Gasteiger partial charge on any atom is -0.481 e. The third kappa shape index (κ3) is 6.80. The van der Waals surface area contributed by atoms with Gasteiger partial charge >= 0.3 is 5.97 Å². The number of allylic oxidation sites excluding steroid dienone is 1. The number of carbonyl (C=O) groups is 1. The van der Waals surface area contributed by atoms with Crippen molar-refractivity contribution in [3.8, 4) is 0 Å². The Kier molecular flexibility index (Phi) is 8.11. The molecule has 0 heterocycles. The van der Waals surface area contributed by atoms with Crippen molar-refractivity contribution >= 4 is 5.97 Å². The van der Waals surface area contributed by atoms with Crippen molar-refractivity contribution in [1.82, 2.24) is 5.32 Å². The maximum absolute atomic E-state index is 11.1. The summed E-state index contributed by atoms with van der Waals surface area (Å²) in [5, 5.41) is 12.5. The lowest BCUT2D eigenvalue weighted by atomic mass is 9.98. The van der Waals surface area contributed by atoms with Crippen molar-refractivity contribution in [1.29, 1.82) is 0 Å². The SMILES string of the molecule is NCCCC(C/C(N)=C/NC1CCCCCC1)C(=O)O. The fraction of sp³-hybridized carbons (Fsp3) is 0.800. The first-order chi connectivity index (χ1) is 9.63. The van der Waals surface area contributed by atoms with Crippen molar-refractivity contribution in [2.45, 2.75) is 63.8 Å². The summed E-state index contributed by atoms with van der Waals surface area (Å²) in [6.07, 6.45) is 11.0. The number of carboxylic acids is 1. The Morgan fingerprint density at radius 1 is 1.30 bits per heavy atom. The molecule has 0 bridgehead atoms. The van der Waals surface area contributed by atoms with Gasteiger partial charge in [0, 0.05) is 24.4 Å². The fourth-order valence-electron chi connectivity index (χ4n) is 2.69. The van der Waals surface area contributed by atoms with Crippen molar-refractivity contribution in [3.05, 3.63) is 11.9 Å². The highest BCUT2D eigenvalue weighted by Gasteiger charge is 2.18. The molecular weight excluding hydrogens is 254 g/mol. The predicted molar refractivity (Wildman–Crippen MR) is 80.9 cm³/mol. The van der Waals surface area contributed by atoms with Gasteiger partial charge in [0.25, 0.3) is 0 Å². The number of nitrogens with two attached hydrogens (primary N) is 2. The van der Waals surface area contributed by atoms with Gasteiger partial charge in [0.2, 0.25) is 0 Å². The summed E-state index contributed by atoms with van der Waals surface area (Å²) in [6.45, 7) is 0.522. The van der Waals surface area contributed by atoms with Gasteiger partial charge in [-0.05, 0) is 32.2 Å². The molecule has 1 rings (SSSR count). The molecule has 0 aromatic rings. The predicted octanol–water partition coefficient (Wildman–Crippen LogP) is 1.93. The molecule has 1 unspecified atom stereocenters. The minimum atomic E-state index is -0.788. The molecule has 0 aliphatic heterocycles. The van der Waals surface area contributed by atoms with Crippen LogP contribution in [0.1, 0.15) is 57.8 Å². The second-order valence-electron chi connectivity index (χ2n) is 5.74. The quantitative estimate of drug-likeness (QED) is 0.510. The summed E-state index contributed by atoms with van der Waals surface area (Å²) in [5.41, 5.74) is 12.0. The number of aliphatic carboxylic acids is 1. The van der Waals surface area contributed by atoms with E-state index in [2.05, 4.69) is 5.32 Å². The average Bonchev–Trinajstić information content (AvgIpc) is 2.69. The normalized spacial score (nSPS) is 19.4. The lowest BCUT2D eigenvalue weighted by Crippen LogP contribution is -2.25. The monoisotopic (exact) mass is 283 g/mol. The van der Waals surface area contributed by atoms with Crippen LogP contribution in [0.4, 0.5) is 0 Å². The van der Waals surface area contributed by atoms with Crippen LogP contribution < -0.4 is 16.8 Å². The Hall–Kier alpha value is -1.23. The molecule has 5 heteroatoms. The van der Waals surface area contributed by atoms with E-state index in [9.17, 15) is 4.79 Å². The number of hydrogen-bond donors (Lipinski definition) is 4. The van der Waals surface area contributed by atoms with E-state index in [1.165, 1.54) is 38.5 Å². The second-order valence-corrected chi connectivity index (χ2v) is 5.74. The molecule has 1 saturated carbocycles. The summed E-state index contributed by atoms with van der Waals surface area (Å²) in [7, 11) is 0. The standard InChI is InChI=1S/C15H29N3O2/c16-9-5-6-12(15(19)20)10-13(17)11-18-14-7-3-1-2-4-8-14/h11-12,14,18H,1-10,16-17H2,(H,19,20)/b13-11-. The van der Waals surface area contributed by atoms with Crippen LogP contribution in [0.2, 0.25) is 0 Å². The summed E-state index contributed by atoms with van der Waals surface area (Å²) in [6, 6.07) is 0.489. The van der Waals surface area contributed by atoms with Crippen molar-refractivity contribution in [3.63, 3.8) is 0 Å². The highest BCUT2D eigenvalue weighted by Crippen LogP contribution is 2.18. The van der Waals surface area contributed by atoms with E-state index < -0.39 is 11.9 Å². The Bertz CT molecular complexity index is 310. The first-order valence-electron chi connectivity index (χ1n) is 7.77. The molecule has 0 aromatic heterocycles. The number of hydrogen-bond acceptors (Lipinski definition) is 4. The van der Waals surface area contributed by atoms with Gasteiger partial charge in [-0.25, -0.2) is 0 Å². The van der Waals surface area contributed by atoms with Crippen molar-refractivity contribution < 1.29 is 9.90 Å². The topological polar surface area (TPSA) is 101 Å². The molecule has 0 amide bonds. The fourth-order valence-corrected chi connectivity index (χ4v) is 2.69. The van der Waals surface area contributed by atoms with Crippen LogP contribution >= 0.6 is 0 Å². The highest BCUT2D eigenvalue weighted by molar-refractivity contribution is 5.70. The largest absolute Gasteiger partial charge is 0.481 e. The minimum absolute atomic E-state index is 0.398. The third-order valence-electron chi connectivity index (χ3n) is 3.95. The van der Waals surface area contributed by atoms with Crippen LogP contribution in [0.25, 0.3) is 0 Å². The zero-order valence-corrected chi connectivity index (χ0v) is 12.3. The lowest BCUT2D eigenvalue weighted by Gasteiger charge is -2.16. The van der Waals surface area contributed by atoms with Gasteiger partial charge in [-0.15, -0.1) is 0 Å². The maximum Gasteiger partial charge on any atom is 0.306 e. The molecule has 1 aliphatic carbocycles. The summed E-state index contributed by atoms with van der Waals surface area (Å²) >= 11 is 0. The van der Waals surface area contributed by atoms with Crippen LogP contribution in [0.15, 0.2) is 11.9 Å². The van der Waals surface area contributed by atoms with Gasteiger partial charge in [0.1, 0.15) is 0 Å². The Balaban J connectivity index is 2.39. The van der Waals surface area contributed by atoms with E-state index in [4.69, 9.17) is 16.6 Å². The van der Waals surface area contributed by atoms with Gasteiger partial charge < -0.3 is 21.9 Å². The number of carboxylic acid groups (broad SMARTS) is 1. The molecule has 5 nitrogen and oxygen atoms in total. The molecule has 6 N–H and O–H groups in total. The van der Waals surface area contributed by atoms with Gasteiger partial charge in [0.05, 0.1) is 5.92 Å². The Labute approximate surface area is 121 Å². The van der Waals surface area contributed by atoms with Gasteiger partial charge in [0.15, 0.2) is 0 Å². The van der Waals surface area contributed by atoms with E-state index in [-0.39, 0.29) is 0 Å². The van der Waals surface area contributed by atoms with Gasteiger partial charge in [-0.3, -0.25) is 4.79 Å². The molecule has 0 radical (unpaired) electrons. The molecule has 20 heavy (non-hydrogen) atoms. The smallest absolute Gasteiger partial charge is 0.306 e. The molecule has 0 spiro atoms.